The summed E-state index contributed by atoms with van der Waals surface area (Å²) in [4.78, 5) is 16.3. The molecule has 0 aliphatic heterocycles. The third-order valence-electron chi connectivity index (χ3n) is 3.39. The number of hydrogen-bond acceptors (Lipinski definition) is 3. The van der Waals surface area contributed by atoms with E-state index in [9.17, 15) is 9.18 Å². The van der Waals surface area contributed by atoms with E-state index in [1.54, 1.807) is 36.5 Å². The van der Waals surface area contributed by atoms with Gasteiger partial charge >= 0.3 is 0 Å². The maximum Gasteiger partial charge on any atom is 0.234 e. The molecule has 6 heteroatoms. The second kappa shape index (κ2) is 7.64. The fourth-order valence-electron chi connectivity index (χ4n) is 2.34. The lowest BCUT2D eigenvalue weighted by Crippen LogP contribution is -2.14. The summed E-state index contributed by atoms with van der Waals surface area (Å²) in [5, 5.41) is 4.02. The molecule has 0 atom stereocenters. The van der Waals surface area contributed by atoms with Crippen LogP contribution in [-0.4, -0.2) is 16.6 Å². The molecule has 0 bridgehead atoms. The molecule has 0 spiro atoms. The van der Waals surface area contributed by atoms with Crippen molar-refractivity contribution < 1.29 is 9.18 Å². The van der Waals surface area contributed by atoms with Crippen molar-refractivity contribution in [2.45, 2.75) is 5.75 Å². The Morgan fingerprint density at radius 1 is 1.21 bits per heavy atom. The van der Waals surface area contributed by atoms with Crippen LogP contribution in [0.2, 0.25) is 5.02 Å². The first-order valence-corrected chi connectivity index (χ1v) is 8.82. The maximum atomic E-state index is 13.7. The van der Waals surface area contributed by atoms with Gasteiger partial charge < -0.3 is 5.32 Å². The Balaban J connectivity index is 1.63. The molecule has 3 rings (SSSR count). The maximum absolute atomic E-state index is 13.7. The molecule has 0 radical (unpaired) electrons. The van der Waals surface area contributed by atoms with Gasteiger partial charge in [0, 0.05) is 17.3 Å². The van der Waals surface area contributed by atoms with Crippen molar-refractivity contribution in [2.75, 3.05) is 11.1 Å². The van der Waals surface area contributed by atoms with E-state index in [0.717, 1.165) is 16.5 Å². The van der Waals surface area contributed by atoms with Crippen LogP contribution >= 0.6 is 23.4 Å². The zero-order valence-corrected chi connectivity index (χ0v) is 14.2. The summed E-state index contributed by atoms with van der Waals surface area (Å²) in [7, 11) is 0. The van der Waals surface area contributed by atoms with Crippen molar-refractivity contribution in [3.63, 3.8) is 0 Å². The molecular formula is C18H14ClFN2OS. The van der Waals surface area contributed by atoms with E-state index in [0.29, 0.717) is 16.5 Å². The number of anilines is 1. The number of carbonyl (C=O) groups excluding carboxylic acids is 1. The number of fused-ring (bicyclic) bond motifs is 1. The Hall–Kier alpha value is -2.11. The normalized spacial score (nSPS) is 10.8. The smallest absolute Gasteiger partial charge is 0.234 e. The molecule has 0 saturated heterocycles. The molecule has 0 unspecified atom stereocenters. The highest BCUT2D eigenvalue weighted by atomic mass is 35.5. The average Bonchev–Trinajstić information content (AvgIpc) is 2.57. The van der Waals surface area contributed by atoms with Crippen molar-refractivity contribution in [2.24, 2.45) is 0 Å². The summed E-state index contributed by atoms with van der Waals surface area (Å²) in [5.41, 5.74) is 2.13. The van der Waals surface area contributed by atoms with Crippen LogP contribution in [0, 0.1) is 5.82 Å². The predicted octanol–water partition coefficient (Wildman–Crippen LogP) is 4.90. The van der Waals surface area contributed by atoms with Gasteiger partial charge in [-0.15, -0.1) is 11.8 Å². The van der Waals surface area contributed by atoms with Crippen LogP contribution in [0.3, 0.4) is 0 Å². The lowest BCUT2D eigenvalue weighted by molar-refractivity contribution is -0.113. The number of carbonyl (C=O) groups is 1. The van der Waals surface area contributed by atoms with Gasteiger partial charge in [0.05, 0.1) is 22.0 Å². The number of amides is 1. The summed E-state index contributed by atoms with van der Waals surface area (Å²) < 4.78 is 13.7. The lowest BCUT2D eigenvalue weighted by atomic mass is 10.1. The SMILES string of the molecule is O=C(CSCc1cc(F)cc2cccnc12)Nc1ccccc1Cl. The van der Waals surface area contributed by atoms with Crippen LogP contribution in [0.25, 0.3) is 10.9 Å². The van der Waals surface area contributed by atoms with E-state index in [1.165, 1.54) is 23.9 Å². The van der Waals surface area contributed by atoms with Gasteiger partial charge in [-0.05, 0) is 35.9 Å². The summed E-state index contributed by atoms with van der Waals surface area (Å²) in [6, 6.07) is 13.6. The van der Waals surface area contributed by atoms with Crippen LogP contribution in [0.15, 0.2) is 54.7 Å². The monoisotopic (exact) mass is 360 g/mol. The number of pyridine rings is 1. The zero-order valence-electron chi connectivity index (χ0n) is 12.6. The Bertz CT molecular complexity index is 888. The molecule has 0 saturated carbocycles. The summed E-state index contributed by atoms with van der Waals surface area (Å²) in [6.45, 7) is 0. The van der Waals surface area contributed by atoms with Gasteiger partial charge in [0.25, 0.3) is 0 Å². The molecule has 1 amide bonds. The molecule has 0 fully saturated rings. The van der Waals surface area contributed by atoms with E-state index in [4.69, 9.17) is 11.6 Å². The van der Waals surface area contributed by atoms with Gasteiger partial charge in [-0.2, -0.15) is 0 Å². The number of nitrogens with one attached hydrogen (secondary N) is 1. The predicted molar refractivity (Wildman–Crippen MR) is 97.9 cm³/mol. The number of thioether (sulfide) groups is 1. The molecule has 3 nitrogen and oxygen atoms in total. The van der Waals surface area contributed by atoms with Crippen molar-refractivity contribution in [3.8, 4) is 0 Å². The molecule has 0 aliphatic rings. The standard InChI is InChI=1S/C18H14ClFN2OS/c19-15-5-1-2-6-16(15)22-17(23)11-24-10-13-9-14(20)8-12-4-3-7-21-18(12)13/h1-9H,10-11H2,(H,22,23). The van der Waals surface area contributed by atoms with Crippen LogP contribution in [0.5, 0.6) is 0 Å². The van der Waals surface area contributed by atoms with Crippen molar-refractivity contribution >= 4 is 45.9 Å². The first kappa shape index (κ1) is 16.7. The van der Waals surface area contributed by atoms with E-state index < -0.39 is 0 Å². The van der Waals surface area contributed by atoms with Gasteiger partial charge in [0.2, 0.25) is 5.91 Å². The second-order valence-corrected chi connectivity index (χ2v) is 6.55. The lowest BCUT2D eigenvalue weighted by Gasteiger charge is -2.08. The van der Waals surface area contributed by atoms with E-state index in [-0.39, 0.29) is 17.5 Å². The second-order valence-electron chi connectivity index (χ2n) is 5.16. The number of benzene rings is 2. The largest absolute Gasteiger partial charge is 0.324 e. The number of rotatable bonds is 5. The molecule has 1 aromatic heterocycles. The number of para-hydroxylation sites is 1. The molecular weight excluding hydrogens is 347 g/mol. The number of halogens is 2. The molecule has 1 heterocycles. The minimum Gasteiger partial charge on any atom is -0.324 e. The summed E-state index contributed by atoms with van der Waals surface area (Å²) in [6.07, 6.45) is 1.68. The molecule has 2 aromatic carbocycles. The molecule has 0 aliphatic carbocycles. The average molecular weight is 361 g/mol. The Morgan fingerprint density at radius 2 is 2.04 bits per heavy atom. The Labute approximate surface area is 148 Å². The van der Waals surface area contributed by atoms with Crippen LogP contribution in [0.1, 0.15) is 5.56 Å². The molecule has 1 N–H and O–H groups in total. The van der Waals surface area contributed by atoms with Crippen molar-refractivity contribution in [3.05, 3.63) is 71.1 Å². The van der Waals surface area contributed by atoms with Crippen LogP contribution in [-0.2, 0) is 10.5 Å². The van der Waals surface area contributed by atoms with Crippen LogP contribution in [0.4, 0.5) is 10.1 Å². The minimum absolute atomic E-state index is 0.151. The number of hydrogen-bond donors (Lipinski definition) is 1. The Morgan fingerprint density at radius 3 is 2.88 bits per heavy atom. The minimum atomic E-state index is -0.299. The van der Waals surface area contributed by atoms with Gasteiger partial charge in [-0.3, -0.25) is 9.78 Å². The highest BCUT2D eigenvalue weighted by Crippen LogP contribution is 2.24. The van der Waals surface area contributed by atoms with E-state index >= 15 is 0 Å². The summed E-state index contributed by atoms with van der Waals surface area (Å²) in [5.74, 6) is 0.297. The third kappa shape index (κ3) is 4.04. The first-order chi connectivity index (χ1) is 11.6. The molecule has 122 valence electrons. The van der Waals surface area contributed by atoms with Crippen molar-refractivity contribution in [1.82, 2.24) is 4.98 Å². The molecule has 3 aromatic rings. The fraction of sp³-hybridized carbons (Fsp3) is 0.111. The fourth-order valence-corrected chi connectivity index (χ4v) is 3.32. The molecule has 24 heavy (non-hydrogen) atoms. The van der Waals surface area contributed by atoms with E-state index in [1.807, 2.05) is 6.07 Å². The van der Waals surface area contributed by atoms with Crippen LogP contribution < -0.4 is 5.32 Å². The van der Waals surface area contributed by atoms with Gasteiger partial charge in [0.1, 0.15) is 5.82 Å². The number of nitrogens with zero attached hydrogens (tertiary/aromatic N) is 1. The quantitative estimate of drug-likeness (QED) is 0.703. The topological polar surface area (TPSA) is 42.0 Å². The van der Waals surface area contributed by atoms with Crippen molar-refractivity contribution in [1.29, 1.82) is 0 Å². The summed E-state index contributed by atoms with van der Waals surface area (Å²) >= 11 is 7.41. The first-order valence-electron chi connectivity index (χ1n) is 7.29. The highest BCUT2D eigenvalue weighted by molar-refractivity contribution is 7.99. The highest BCUT2D eigenvalue weighted by Gasteiger charge is 2.09. The Kier molecular flexibility index (Phi) is 5.33. The zero-order chi connectivity index (χ0) is 16.9. The third-order valence-corrected chi connectivity index (χ3v) is 4.70. The van der Waals surface area contributed by atoms with Gasteiger partial charge in [0.15, 0.2) is 0 Å². The van der Waals surface area contributed by atoms with Gasteiger partial charge in [-0.1, -0.05) is 29.8 Å². The number of aromatic nitrogens is 1. The van der Waals surface area contributed by atoms with E-state index in [2.05, 4.69) is 10.3 Å². The van der Waals surface area contributed by atoms with Gasteiger partial charge in [-0.25, -0.2) is 4.39 Å².